The molecule has 0 aromatic heterocycles. The zero-order valence-electron chi connectivity index (χ0n) is 17.5. The van der Waals surface area contributed by atoms with Gasteiger partial charge in [-0.1, -0.05) is 0 Å². The SMILES string of the molecule is COC(=O)[C@H](Cc1ccccc1)NC(O)C1(NC(=O)[C@H](CCSC)NC=O)[I-]CC[I-]1. The molecule has 3 atom stereocenters. The summed E-state index contributed by atoms with van der Waals surface area (Å²) < 4.78 is 6.26. The van der Waals surface area contributed by atoms with Crippen LogP contribution in [0.1, 0.15) is 12.0 Å². The van der Waals surface area contributed by atoms with Crippen LogP contribution in [0.25, 0.3) is 0 Å². The van der Waals surface area contributed by atoms with Crippen LogP contribution in [0.2, 0.25) is 0 Å². The standard InChI is InChI=1S/C20H29I2N3O5S/c1-30-18(28)16(12-14-6-4-3-5-7-14)24-19(29)20(21-9-10-22-20)25-17(27)15(23-13-26)8-11-31-2/h3-7,13,15-16,19,24,29H,8-12H2,1-2H3,(H,23,26)(H,25,27)/q-2/t15-,16-,19?/m0/s1. The Kier molecular flexibility index (Phi) is 11.8. The number of thioether (sulfide) groups is 1. The summed E-state index contributed by atoms with van der Waals surface area (Å²) in [6.45, 7) is 0. The summed E-state index contributed by atoms with van der Waals surface area (Å²) in [5.41, 5.74) is 0.943. The van der Waals surface area contributed by atoms with Gasteiger partial charge in [0.25, 0.3) is 0 Å². The number of alkyl halides is 4. The Labute approximate surface area is 207 Å². The Morgan fingerprint density at radius 3 is 2.52 bits per heavy atom. The number of amides is 2. The third-order valence-electron chi connectivity index (χ3n) is 4.61. The molecule has 4 N–H and O–H groups in total. The van der Waals surface area contributed by atoms with E-state index in [0.717, 1.165) is 20.2 Å². The van der Waals surface area contributed by atoms with Crippen LogP contribution in [0.15, 0.2) is 30.3 Å². The number of carbonyl (C=O) groups excluding carboxylic acids is 3. The van der Waals surface area contributed by atoms with Gasteiger partial charge in [-0.15, -0.1) is 0 Å². The molecule has 1 fully saturated rings. The van der Waals surface area contributed by atoms with Crippen molar-refractivity contribution in [2.75, 3.05) is 28.0 Å². The summed E-state index contributed by atoms with van der Waals surface area (Å²) in [4.78, 5) is 36.3. The Hall–Kier alpha value is -0.640. The third-order valence-corrected chi connectivity index (χ3v) is 17.3. The number of halogens is 2. The first-order valence-corrected chi connectivity index (χ1v) is 16.3. The van der Waals surface area contributed by atoms with E-state index >= 15 is 0 Å². The van der Waals surface area contributed by atoms with Gasteiger partial charge in [0, 0.05) is 0 Å². The van der Waals surface area contributed by atoms with Gasteiger partial charge < -0.3 is 0 Å². The molecule has 2 amide bonds. The normalized spacial score (nSPS) is 18.4. The van der Waals surface area contributed by atoms with E-state index in [4.69, 9.17) is 4.74 Å². The number of ether oxygens (including phenoxy) is 1. The molecule has 176 valence electrons. The summed E-state index contributed by atoms with van der Waals surface area (Å²) in [6, 6.07) is 8.15. The molecule has 0 spiro atoms. The molecule has 1 aromatic rings. The number of rotatable bonds is 13. The zero-order chi connectivity index (χ0) is 22.7. The molecule has 1 aliphatic heterocycles. The number of carbonyl (C=O) groups is 3. The van der Waals surface area contributed by atoms with Crippen LogP contribution in [0, 0.1) is 0 Å². The Bertz CT molecular complexity index is 722. The molecule has 1 unspecified atom stereocenters. The van der Waals surface area contributed by atoms with Crippen molar-refractivity contribution < 1.29 is 66.6 Å². The molecule has 0 radical (unpaired) electrons. The Morgan fingerprint density at radius 1 is 1.26 bits per heavy atom. The van der Waals surface area contributed by atoms with Crippen LogP contribution >= 0.6 is 11.8 Å². The third kappa shape index (κ3) is 8.02. The van der Waals surface area contributed by atoms with Crippen LogP contribution in [0.4, 0.5) is 0 Å². The van der Waals surface area contributed by atoms with Crippen LogP contribution in [-0.4, -0.2) is 71.2 Å². The quantitative estimate of drug-likeness (QED) is 0.0410. The van der Waals surface area contributed by atoms with Gasteiger partial charge in [0.1, 0.15) is 0 Å². The second-order valence-corrected chi connectivity index (χ2v) is 16.8. The van der Waals surface area contributed by atoms with Gasteiger partial charge in [-0.2, -0.15) is 0 Å². The monoisotopic (exact) mass is 677 g/mol. The molecule has 0 saturated carbocycles. The number of esters is 1. The number of aliphatic hydroxyl groups is 1. The Balaban J connectivity index is 2.14. The second kappa shape index (κ2) is 13.8. The van der Waals surface area contributed by atoms with E-state index in [2.05, 4.69) is 16.0 Å². The van der Waals surface area contributed by atoms with Crippen molar-refractivity contribution >= 4 is 30.0 Å². The first-order chi connectivity index (χ1) is 15.0. The fourth-order valence-corrected chi connectivity index (χ4v) is 14.6. The van der Waals surface area contributed by atoms with Gasteiger partial charge in [-0.05, 0) is 0 Å². The van der Waals surface area contributed by atoms with Crippen molar-refractivity contribution in [2.45, 2.75) is 32.7 Å². The molecule has 1 aliphatic rings. The zero-order valence-corrected chi connectivity index (χ0v) is 22.6. The predicted molar refractivity (Wildman–Crippen MR) is 112 cm³/mol. The summed E-state index contributed by atoms with van der Waals surface area (Å²) in [5.74, 6) is -0.00146. The Morgan fingerprint density at radius 2 is 1.94 bits per heavy atom. The molecule has 1 aromatic carbocycles. The molecule has 2 rings (SSSR count). The first-order valence-electron chi connectivity index (χ1n) is 9.73. The van der Waals surface area contributed by atoms with E-state index in [0.29, 0.717) is 19.3 Å². The average Bonchev–Trinajstić information content (AvgIpc) is 3.26. The van der Waals surface area contributed by atoms with Crippen molar-refractivity contribution in [3.8, 4) is 0 Å². The molecular formula is C20H29I2N3O5S-2. The number of methoxy groups -OCH3 is 1. The van der Waals surface area contributed by atoms with Crippen LogP contribution in [0.3, 0.4) is 0 Å². The van der Waals surface area contributed by atoms with Gasteiger partial charge in [0.05, 0.1) is 0 Å². The van der Waals surface area contributed by atoms with Crippen LogP contribution in [0.5, 0.6) is 0 Å². The van der Waals surface area contributed by atoms with E-state index in [-0.39, 0.29) is 5.91 Å². The number of hydrogen-bond acceptors (Lipinski definition) is 7. The van der Waals surface area contributed by atoms with Gasteiger partial charge in [-0.25, -0.2) is 0 Å². The molecule has 0 aliphatic carbocycles. The topological polar surface area (TPSA) is 117 Å². The van der Waals surface area contributed by atoms with E-state index in [9.17, 15) is 19.5 Å². The van der Waals surface area contributed by atoms with Gasteiger partial charge in [0.2, 0.25) is 0 Å². The van der Waals surface area contributed by atoms with Crippen LogP contribution < -0.4 is 58.4 Å². The summed E-state index contributed by atoms with van der Waals surface area (Å²) >= 11 is 0.563. The summed E-state index contributed by atoms with van der Waals surface area (Å²) in [6.07, 6.45) is 2.32. The van der Waals surface area contributed by atoms with E-state index in [1.165, 1.54) is 7.11 Å². The van der Waals surface area contributed by atoms with Crippen molar-refractivity contribution in [1.82, 2.24) is 16.0 Å². The minimum absolute atomic E-state index is 0.277. The summed E-state index contributed by atoms with van der Waals surface area (Å²) in [7, 11) is 1.32. The van der Waals surface area contributed by atoms with Gasteiger partial charge >= 0.3 is 209 Å². The van der Waals surface area contributed by atoms with Crippen LogP contribution in [-0.2, 0) is 25.5 Å². The molecule has 0 bridgehead atoms. The summed E-state index contributed by atoms with van der Waals surface area (Å²) in [5, 5.41) is 19.9. The average molecular weight is 677 g/mol. The van der Waals surface area contributed by atoms with E-state index < -0.39 is 68.2 Å². The van der Waals surface area contributed by atoms with Gasteiger partial charge in [-0.3, -0.25) is 0 Å². The maximum atomic E-state index is 12.9. The first kappa shape index (κ1) is 26.6. The van der Waals surface area contributed by atoms with Crippen molar-refractivity contribution in [2.24, 2.45) is 0 Å². The second-order valence-electron chi connectivity index (χ2n) is 6.71. The van der Waals surface area contributed by atoms with Crippen molar-refractivity contribution in [3.05, 3.63) is 35.9 Å². The molecule has 11 heteroatoms. The van der Waals surface area contributed by atoms with Crippen molar-refractivity contribution in [1.29, 1.82) is 0 Å². The predicted octanol–water partition coefficient (Wildman–Crippen LogP) is -6.49. The number of hydrogen-bond donors (Lipinski definition) is 4. The number of aliphatic hydroxyl groups excluding tert-OH is 1. The fraction of sp³-hybridized carbons (Fsp3) is 0.550. The van der Waals surface area contributed by atoms with E-state index in [1.54, 1.807) is 11.8 Å². The van der Waals surface area contributed by atoms with Crippen molar-refractivity contribution in [3.63, 3.8) is 0 Å². The maximum absolute atomic E-state index is 12.9. The number of nitrogens with one attached hydrogen (secondary N) is 3. The molecule has 1 saturated heterocycles. The fourth-order valence-electron chi connectivity index (χ4n) is 3.02. The number of benzene rings is 1. The molecule has 1 heterocycles. The van der Waals surface area contributed by atoms with E-state index in [1.807, 2.05) is 36.6 Å². The molecular weight excluding hydrogens is 648 g/mol. The molecule has 31 heavy (non-hydrogen) atoms. The minimum atomic E-state index is -1.05. The van der Waals surface area contributed by atoms with Gasteiger partial charge in [0.15, 0.2) is 0 Å². The molecule has 8 nitrogen and oxygen atoms in total.